The molecular formula is C22H30N2O3. The quantitative estimate of drug-likeness (QED) is 0.866. The number of likely N-dealkylation sites (N-methyl/N-ethyl adjacent to an activating group) is 1. The molecule has 5 heteroatoms. The van der Waals surface area contributed by atoms with E-state index in [9.17, 15) is 14.7 Å². The molecule has 1 spiro atoms. The Kier molecular flexibility index (Phi) is 4.97. The summed E-state index contributed by atoms with van der Waals surface area (Å²) in [5.41, 5.74) is 1.51. The number of nitrogens with zero attached hydrogens (tertiary/aromatic N) is 2. The number of aryl methyl sites for hydroxylation is 1. The molecule has 1 aromatic carbocycles. The highest BCUT2D eigenvalue weighted by molar-refractivity contribution is 5.88. The monoisotopic (exact) mass is 370 g/mol. The van der Waals surface area contributed by atoms with Gasteiger partial charge in [0.15, 0.2) is 0 Å². The van der Waals surface area contributed by atoms with Crippen molar-refractivity contribution in [1.82, 2.24) is 9.80 Å². The molecule has 1 N–H and O–H groups in total. The number of carbonyl (C=O) groups is 2. The number of piperidine rings is 1. The molecule has 3 fully saturated rings. The van der Waals surface area contributed by atoms with Gasteiger partial charge >= 0.3 is 5.97 Å². The molecular weight excluding hydrogens is 340 g/mol. The number of amides is 1. The SMILES string of the molecule is CN1CC2(CC2)CC(C(=O)O)C1C(=O)N1CCC(CCc2ccccc2)C1. The zero-order valence-electron chi connectivity index (χ0n) is 16.1. The first-order chi connectivity index (χ1) is 13.0. The van der Waals surface area contributed by atoms with Gasteiger partial charge in [-0.25, -0.2) is 0 Å². The van der Waals surface area contributed by atoms with Crippen molar-refractivity contribution in [3.05, 3.63) is 35.9 Å². The van der Waals surface area contributed by atoms with Gasteiger partial charge in [-0.2, -0.15) is 0 Å². The van der Waals surface area contributed by atoms with Crippen LogP contribution in [0.15, 0.2) is 30.3 Å². The van der Waals surface area contributed by atoms with Gasteiger partial charge in [0.25, 0.3) is 0 Å². The first-order valence-electron chi connectivity index (χ1n) is 10.2. The fraction of sp³-hybridized carbons (Fsp3) is 0.636. The molecule has 2 heterocycles. The summed E-state index contributed by atoms with van der Waals surface area (Å²) in [5.74, 6) is -0.836. The molecule has 1 aromatic rings. The third kappa shape index (κ3) is 3.88. The predicted molar refractivity (Wildman–Crippen MR) is 103 cm³/mol. The fourth-order valence-electron chi connectivity index (χ4n) is 5.17. The first kappa shape index (κ1) is 18.5. The Hall–Kier alpha value is -1.88. The maximum atomic E-state index is 13.2. The molecule has 2 saturated heterocycles. The molecule has 4 rings (SSSR count). The van der Waals surface area contributed by atoms with Crippen LogP contribution in [0.2, 0.25) is 0 Å². The third-order valence-electron chi connectivity index (χ3n) is 6.90. The smallest absolute Gasteiger partial charge is 0.308 e. The van der Waals surface area contributed by atoms with E-state index in [4.69, 9.17) is 0 Å². The number of carboxylic acids is 1. The lowest BCUT2D eigenvalue weighted by molar-refractivity contribution is -0.155. The summed E-state index contributed by atoms with van der Waals surface area (Å²) in [6, 6.07) is 9.97. The van der Waals surface area contributed by atoms with Crippen LogP contribution < -0.4 is 0 Å². The zero-order valence-corrected chi connectivity index (χ0v) is 16.1. The number of likely N-dealkylation sites (tertiary alicyclic amines) is 2. The van der Waals surface area contributed by atoms with Crippen molar-refractivity contribution in [2.45, 2.75) is 44.6 Å². The Morgan fingerprint density at radius 1 is 1.22 bits per heavy atom. The minimum atomic E-state index is -0.814. The maximum absolute atomic E-state index is 13.2. The number of hydrogen-bond acceptors (Lipinski definition) is 3. The van der Waals surface area contributed by atoms with Crippen molar-refractivity contribution in [2.75, 3.05) is 26.7 Å². The Morgan fingerprint density at radius 2 is 1.96 bits per heavy atom. The minimum absolute atomic E-state index is 0.0302. The Balaban J connectivity index is 1.36. The number of carbonyl (C=O) groups excluding carboxylic acids is 1. The average Bonchev–Trinajstić information content (AvgIpc) is 3.22. The molecule has 3 aliphatic rings. The lowest BCUT2D eigenvalue weighted by atomic mass is 9.80. The molecule has 0 bridgehead atoms. The van der Waals surface area contributed by atoms with E-state index in [1.165, 1.54) is 5.56 Å². The Bertz CT molecular complexity index is 701. The van der Waals surface area contributed by atoms with Crippen LogP contribution in [0.3, 0.4) is 0 Å². The van der Waals surface area contributed by atoms with Gasteiger partial charge in [-0.1, -0.05) is 30.3 Å². The Morgan fingerprint density at radius 3 is 2.63 bits per heavy atom. The number of carboxylic acid groups (broad SMARTS) is 1. The maximum Gasteiger partial charge on any atom is 0.308 e. The van der Waals surface area contributed by atoms with Crippen LogP contribution >= 0.6 is 0 Å². The summed E-state index contributed by atoms with van der Waals surface area (Å²) in [4.78, 5) is 29.0. The molecule has 146 valence electrons. The lowest BCUT2D eigenvalue weighted by Crippen LogP contribution is -2.57. The van der Waals surface area contributed by atoms with Gasteiger partial charge in [0.2, 0.25) is 5.91 Å². The van der Waals surface area contributed by atoms with E-state index in [1.807, 2.05) is 22.9 Å². The van der Waals surface area contributed by atoms with Crippen molar-refractivity contribution in [3.8, 4) is 0 Å². The van der Waals surface area contributed by atoms with Crippen LogP contribution in [0.1, 0.15) is 37.7 Å². The molecule has 2 aliphatic heterocycles. The molecule has 1 amide bonds. The normalized spacial score (nSPS) is 29.8. The van der Waals surface area contributed by atoms with E-state index in [0.29, 0.717) is 12.3 Å². The van der Waals surface area contributed by atoms with E-state index >= 15 is 0 Å². The van der Waals surface area contributed by atoms with E-state index < -0.39 is 17.9 Å². The molecule has 3 unspecified atom stereocenters. The first-order valence-corrected chi connectivity index (χ1v) is 10.2. The van der Waals surface area contributed by atoms with Gasteiger partial charge in [-0.05, 0) is 62.5 Å². The standard InChI is InChI=1S/C22H30N2O3/c1-23-15-22(10-11-22)13-18(21(26)27)19(23)20(25)24-12-9-17(14-24)8-7-16-5-3-2-4-6-16/h2-6,17-19H,7-15H2,1H3,(H,26,27). The summed E-state index contributed by atoms with van der Waals surface area (Å²) in [7, 11) is 1.93. The molecule has 5 nitrogen and oxygen atoms in total. The molecule has 0 aromatic heterocycles. The molecule has 3 atom stereocenters. The summed E-state index contributed by atoms with van der Waals surface area (Å²) in [5, 5.41) is 9.74. The highest BCUT2D eigenvalue weighted by Gasteiger charge is 2.55. The van der Waals surface area contributed by atoms with Crippen LogP contribution in [0.5, 0.6) is 0 Å². The second-order valence-electron chi connectivity index (χ2n) is 8.97. The van der Waals surface area contributed by atoms with Crippen LogP contribution in [0.25, 0.3) is 0 Å². The van der Waals surface area contributed by atoms with Crippen LogP contribution in [-0.2, 0) is 16.0 Å². The average molecular weight is 370 g/mol. The summed E-state index contributed by atoms with van der Waals surface area (Å²) < 4.78 is 0. The van der Waals surface area contributed by atoms with Crippen LogP contribution in [-0.4, -0.2) is 59.5 Å². The predicted octanol–water partition coefficient (Wildman–Crippen LogP) is 2.65. The second kappa shape index (κ2) is 7.27. The highest BCUT2D eigenvalue weighted by atomic mass is 16.4. The zero-order chi connectivity index (χ0) is 19.0. The van der Waals surface area contributed by atoms with Crippen molar-refractivity contribution in [3.63, 3.8) is 0 Å². The summed E-state index contributed by atoms with van der Waals surface area (Å²) in [6.45, 7) is 2.39. The van der Waals surface area contributed by atoms with Gasteiger partial charge in [0.05, 0.1) is 5.92 Å². The van der Waals surface area contributed by atoms with Crippen LogP contribution in [0, 0.1) is 17.3 Å². The van der Waals surface area contributed by atoms with E-state index in [2.05, 4.69) is 24.3 Å². The van der Waals surface area contributed by atoms with Crippen molar-refractivity contribution in [2.24, 2.45) is 17.3 Å². The number of rotatable bonds is 5. The molecule has 0 radical (unpaired) electrons. The lowest BCUT2D eigenvalue weighted by Gasteiger charge is -2.42. The summed E-state index contributed by atoms with van der Waals surface area (Å²) in [6.07, 6.45) is 6.02. The van der Waals surface area contributed by atoms with Crippen molar-refractivity contribution in [1.29, 1.82) is 0 Å². The van der Waals surface area contributed by atoms with E-state index in [1.54, 1.807) is 0 Å². The van der Waals surface area contributed by atoms with Gasteiger partial charge in [-0.15, -0.1) is 0 Å². The fourth-order valence-corrected chi connectivity index (χ4v) is 5.17. The van der Waals surface area contributed by atoms with Gasteiger partial charge in [-0.3, -0.25) is 14.5 Å². The van der Waals surface area contributed by atoms with E-state index in [0.717, 1.165) is 51.7 Å². The van der Waals surface area contributed by atoms with Gasteiger partial charge in [0.1, 0.15) is 6.04 Å². The van der Waals surface area contributed by atoms with E-state index in [-0.39, 0.29) is 11.3 Å². The molecule has 1 aliphatic carbocycles. The largest absolute Gasteiger partial charge is 0.481 e. The molecule has 27 heavy (non-hydrogen) atoms. The van der Waals surface area contributed by atoms with Crippen molar-refractivity contribution >= 4 is 11.9 Å². The topological polar surface area (TPSA) is 60.9 Å². The highest BCUT2D eigenvalue weighted by Crippen LogP contribution is 2.54. The Labute approximate surface area is 161 Å². The third-order valence-corrected chi connectivity index (χ3v) is 6.90. The van der Waals surface area contributed by atoms with Gasteiger partial charge in [0, 0.05) is 19.6 Å². The van der Waals surface area contributed by atoms with Crippen molar-refractivity contribution < 1.29 is 14.7 Å². The molecule has 1 saturated carbocycles. The van der Waals surface area contributed by atoms with Crippen LogP contribution in [0.4, 0.5) is 0 Å². The number of aliphatic carboxylic acids is 1. The second-order valence-corrected chi connectivity index (χ2v) is 8.97. The minimum Gasteiger partial charge on any atom is -0.481 e. The summed E-state index contributed by atoms with van der Waals surface area (Å²) >= 11 is 0. The number of hydrogen-bond donors (Lipinski definition) is 1. The van der Waals surface area contributed by atoms with Gasteiger partial charge < -0.3 is 10.0 Å². The number of benzene rings is 1.